The van der Waals surface area contributed by atoms with E-state index < -0.39 is 11.8 Å². The minimum atomic E-state index is -1.18. The summed E-state index contributed by atoms with van der Waals surface area (Å²) >= 11 is 0. The van der Waals surface area contributed by atoms with E-state index in [9.17, 15) is 14.7 Å². The number of piperidine rings is 1. The normalized spacial score (nSPS) is 16.0. The SMILES string of the molecule is CC.CCNC(=O)c1nc(C)c2c(n1)N(C(=O)Nc1ccc(OCCCOC(C)(C)O)nn1)C1CCCN2C1. The lowest BCUT2D eigenvalue weighted by Gasteiger charge is -2.46. The highest BCUT2D eigenvalue weighted by Crippen LogP contribution is 2.39. The molecule has 1 atom stereocenters. The predicted molar refractivity (Wildman–Crippen MR) is 147 cm³/mol. The highest BCUT2D eigenvalue weighted by Gasteiger charge is 2.40. The molecule has 3 amide bonds. The monoisotopic (exact) mass is 544 g/mol. The third kappa shape index (κ3) is 7.73. The molecule has 0 radical (unpaired) electrons. The lowest BCUT2D eigenvalue weighted by atomic mass is 9.99. The summed E-state index contributed by atoms with van der Waals surface area (Å²) in [5.74, 6) is -0.541. The topological polar surface area (TPSA) is 155 Å². The van der Waals surface area contributed by atoms with E-state index in [1.165, 1.54) is 0 Å². The minimum absolute atomic E-state index is 0.0336. The van der Waals surface area contributed by atoms with Crippen LogP contribution in [0.4, 0.5) is 22.1 Å². The van der Waals surface area contributed by atoms with Crippen molar-refractivity contribution in [3.05, 3.63) is 23.7 Å². The fraction of sp³-hybridized carbons (Fsp3) is 0.615. The molecule has 2 bridgehead atoms. The van der Waals surface area contributed by atoms with Gasteiger partial charge in [0.1, 0.15) is 5.69 Å². The standard InChI is InChI=1S/C24H34N8O5.C2H6/c1-5-25-22(33)20-26-15(2)19-21(28-20)32(16-8-6-11-31(19)14-16)23(34)27-17-9-10-18(30-29-17)36-12-7-13-37-24(3,4)35;1-2/h9-10,16,35H,5-8,11-14H2,1-4H3,(H,25,33)(H,27,29,34);1-2H3. The van der Waals surface area contributed by atoms with E-state index in [1.54, 1.807) is 30.9 Å². The van der Waals surface area contributed by atoms with E-state index in [4.69, 9.17) is 9.47 Å². The second kappa shape index (κ2) is 13.5. The first kappa shape index (κ1) is 30.0. The summed E-state index contributed by atoms with van der Waals surface area (Å²) in [6.45, 7) is 13.4. The number of rotatable bonds is 9. The van der Waals surface area contributed by atoms with Crippen molar-refractivity contribution < 1.29 is 24.2 Å². The predicted octanol–water partition coefficient (Wildman–Crippen LogP) is 2.89. The highest BCUT2D eigenvalue weighted by molar-refractivity contribution is 6.04. The Morgan fingerprint density at radius 2 is 1.95 bits per heavy atom. The summed E-state index contributed by atoms with van der Waals surface area (Å²) in [5, 5.41) is 23.2. The molecule has 4 heterocycles. The molecule has 13 nitrogen and oxygen atoms in total. The molecule has 0 saturated carbocycles. The van der Waals surface area contributed by atoms with Crippen molar-refractivity contribution in [3.8, 4) is 5.88 Å². The molecule has 3 N–H and O–H groups in total. The number of carbonyl (C=O) groups excluding carboxylic acids is 2. The summed E-state index contributed by atoms with van der Waals surface area (Å²) in [6.07, 6.45) is 2.31. The Kier molecular flexibility index (Phi) is 10.4. The molecule has 214 valence electrons. The van der Waals surface area contributed by atoms with Gasteiger partial charge in [-0.3, -0.25) is 15.0 Å². The average Bonchev–Trinajstić information content (AvgIpc) is 2.90. The van der Waals surface area contributed by atoms with Gasteiger partial charge in [-0.15, -0.1) is 10.2 Å². The van der Waals surface area contributed by atoms with Gasteiger partial charge >= 0.3 is 6.03 Å². The number of carbonyl (C=O) groups is 2. The van der Waals surface area contributed by atoms with E-state index in [1.807, 2.05) is 27.7 Å². The van der Waals surface area contributed by atoms with Crippen LogP contribution >= 0.6 is 0 Å². The maximum Gasteiger partial charge on any atom is 0.329 e. The van der Waals surface area contributed by atoms with Crippen LogP contribution in [0, 0.1) is 6.92 Å². The highest BCUT2D eigenvalue weighted by atomic mass is 16.6. The van der Waals surface area contributed by atoms with E-state index in [0.29, 0.717) is 50.1 Å². The minimum Gasteiger partial charge on any atom is -0.477 e. The van der Waals surface area contributed by atoms with E-state index in [0.717, 1.165) is 25.1 Å². The summed E-state index contributed by atoms with van der Waals surface area (Å²) in [4.78, 5) is 38.6. The lowest BCUT2D eigenvalue weighted by molar-refractivity contribution is -0.176. The van der Waals surface area contributed by atoms with Crippen LogP contribution in [0.5, 0.6) is 5.88 Å². The number of hydrogen-bond donors (Lipinski definition) is 3. The van der Waals surface area contributed by atoms with Gasteiger partial charge in [0.25, 0.3) is 5.91 Å². The number of nitrogens with zero attached hydrogens (tertiary/aromatic N) is 6. The van der Waals surface area contributed by atoms with E-state index in [2.05, 4.69) is 35.7 Å². The van der Waals surface area contributed by atoms with Crippen LogP contribution in [0.1, 0.15) is 70.2 Å². The van der Waals surface area contributed by atoms with Crippen LogP contribution in [0.15, 0.2) is 12.1 Å². The van der Waals surface area contributed by atoms with Gasteiger partial charge in [0, 0.05) is 32.1 Å². The smallest absolute Gasteiger partial charge is 0.329 e. The Balaban J connectivity index is 0.00000205. The number of aryl methyl sites for hydroxylation is 1. The fourth-order valence-electron chi connectivity index (χ4n) is 4.43. The van der Waals surface area contributed by atoms with Crippen molar-refractivity contribution in [2.45, 2.75) is 72.6 Å². The van der Waals surface area contributed by atoms with Crippen LogP contribution in [0.2, 0.25) is 0 Å². The average molecular weight is 545 g/mol. The number of amides is 3. The Bertz CT molecular complexity index is 1120. The third-order valence-electron chi connectivity index (χ3n) is 5.97. The largest absolute Gasteiger partial charge is 0.477 e. The van der Waals surface area contributed by atoms with Crippen molar-refractivity contribution in [2.24, 2.45) is 0 Å². The lowest BCUT2D eigenvalue weighted by Crippen LogP contribution is -2.56. The molecule has 1 saturated heterocycles. The summed E-state index contributed by atoms with van der Waals surface area (Å²) in [5.41, 5.74) is 1.42. The van der Waals surface area contributed by atoms with Crippen molar-refractivity contribution in [1.82, 2.24) is 25.5 Å². The van der Waals surface area contributed by atoms with Crippen molar-refractivity contribution in [2.75, 3.05) is 48.0 Å². The van der Waals surface area contributed by atoms with Gasteiger partial charge in [0.05, 0.1) is 24.9 Å². The fourth-order valence-corrected chi connectivity index (χ4v) is 4.43. The zero-order chi connectivity index (χ0) is 28.6. The van der Waals surface area contributed by atoms with Gasteiger partial charge in [0.2, 0.25) is 11.7 Å². The number of ether oxygens (including phenoxy) is 2. The van der Waals surface area contributed by atoms with Crippen LogP contribution in [-0.4, -0.2) is 81.9 Å². The molecule has 0 aliphatic carbocycles. The first-order valence-corrected chi connectivity index (χ1v) is 13.5. The Morgan fingerprint density at radius 1 is 1.18 bits per heavy atom. The van der Waals surface area contributed by atoms with Gasteiger partial charge < -0.3 is 24.8 Å². The van der Waals surface area contributed by atoms with Gasteiger partial charge in [-0.05, 0) is 46.6 Å². The van der Waals surface area contributed by atoms with Gasteiger partial charge in [-0.2, -0.15) is 0 Å². The molecule has 0 aromatic carbocycles. The first-order valence-electron chi connectivity index (χ1n) is 13.5. The second-order valence-electron chi connectivity index (χ2n) is 9.46. The zero-order valence-corrected chi connectivity index (χ0v) is 23.7. The maximum absolute atomic E-state index is 13.5. The number of nitrogens with one attached hydrogen (secondary N) is 2. The Morgan fingerprint density at radius 3 is 2.62 bits per heavy atom. The van der Waals surface area contributed by atoms with E-state index >= 15 is 0 Å². The van der Waals surface area contributed by atoms with Gasteiger partial charge in [-0.25, -0.2) is 14.8 Å². The van der Waals surface area contributed by atoms with Crippen LogP contribution in [-0.2, 0) is 4.74 Å². The molecule has 2 aromatic rings. The van der Waals surface area contributed by atoms with Crippen molar-refractivity contribution in [3.63, 3.8) is 0 Å². The van der Waals surface area contributed by atoms with Crippen LogP contribution in [0.3, 0.4) is 0 Å². The number of anilines is 3. The molecular weight excluding hydrogens is 504 g/mol. The summed E-state index contributed by atoms with van der Waals surface area (Å²) in [7, 11) is 0. The summed E-state index contributed by atoms with van der Waals surface area (Å²) in [6, 6.07) is 2.72. The molecule has 1 fully saturated rings. The second-order valence-corrected chi connectivity index (χ2v) is 9.46. The quantitative estimate of drug-likeness (QED) is 0.317. The molecule has 1 unspecified atom stereocenters. The number of fused-ring (bicyclic) bond motifs is 4. The first-order chi connectivity index (χ1) is 18.7. The van der Waals surface area contributed by atoms with E-state index in [-0.39, 0.29) is 23.6 Å². The number of hydrogen-bond acceptors (Lipinski definition) is 10. The molecule has 2 aromatic heterocycles. The Labute approximate surface area is 229 Å². The zero-order valence-electron chi connectivity index (χ0n) is 23.7. The summed E-state index contributed by atoms with van der Waals surface area (Å²) < 4.78 is 10.8. The molecule has 2 aliphatic heterocycles. The van der Waals surface area contributed by atoms with Crippen molar-refractivity contribution >= 4 is 29.3 Å². The van der Waals surface area contributed by atoms with Crippen LogP contribution < -0.4 is 25.2 Å². The molecule has 39 heavy (non-hydrogen) atoms. The Hall–Kier alpha value is -3.58. The molecule has 0 spiro atoms. The van der Waals surface area contributed by atoms with Gasteiger partial charge in [0.15, 0.2) is 17.4 Å². The number of urea groups is 1. The molecule has 4 rings (SSSR count). The third-order valence-corrected chi connectivity index (χ3v) is 5.97. The number of aliphatic hydroxyl groups is 1. The number of aromatic nitrogens is 4. The molecule has 2 aliphatic rings. The van der Waals surface area contributed by atoms with Gasteiger partial charge in [-0.1, -0.05) is 13.8 Å². The van der Waals surface area contributed by atoms with Crippen LogP contribution in [0.25, 0.3) is 0 Å². The van der Waals surface area contributed by atoms with Crippen molar-refractivity contribution in [1.29, 1.82) is 0 Å². The molecular formula is C26H40N8O5. The maximum atomic E-state index is 13.5. The molecule has 13 heteroatoms.